The van der Waals surface area contributed by atoms with Crippen molar-refractivity contribution >= 4 is 27.7 Å². The molecule has 112 valence electrons. The van der Waals surface area contributed by atoms with Gasteiger partial charge in [0.2, 0.25) is 0 Å². The van der Waals surface area contributed by atoms with Crippen LogP contribution in [-0.4, -0.2) is 12.8 Å². The summed E-state index contributed by atoms with van der Waals surface area (Å²) in [7, 11) is 0. The van der Waals surface area contributed by atoms with Crippen LogP contribution >= 0.6 is 0 Å². The van der Waals surface area contributed by atoms with Crippen molar-refractivity contribution in [3.05, 3.63) is 53.6 Å². The summed E-state index contributed by atoms with van der Waals surface area (Å²) in [5, 5.41) is 3.97. The van der Waals surface area contributed by atoms with Crippen molar-refractivity contribution in [3.8, 4) is 5.75 Å². The maximum atomic E-state index is 11.8. The molecule has 0 amide bonds. The molecule has 3 rings (SSSR count). The minimum absolute atomic E-state index is 0.291. The maximum absolute atomic E-state index is 11.8. The molecule has 0 saturated carbocycles. The molecule has 3 heteroatoms. The van der Waals surface area contributed by atoms with Crippen LogP contribution < -0.4 is 4.74 Å². The predicted molar refractivity (Wildman–Crippen MR) is 88.6 cm³/mol. The molecule has 22 heavy (non-hydrogen) atoms. The second-order valence-corrected chi connectivity index (χ2v) is 5.39. The molecule has 0 bridgehead atoms. The number of rotatable bonds is 2. The molecule has 0 radical (unpaired) electrons. The zero-order valence-electron chi connectivity index (χ0n) is 13.0. The normalized spacial score (nSPS) is 10.9. The van der Waals surface area contributed by atoms with E-state index in [0.29, 0.717) is 12.4 Å². The van der Waals surface area contributed by atoms with E-state index in [9.17, 15) is 4.79 Å². The van der Waals surface area contributed by atoms with Crippen molar-refractivity contribution in [1.29, 1.82) is 0 Å². The number of hydrogen-bond acceptors (Lipinski definition) is 3. The fraction of sp³-hybridized carbons (Fsp3) is 0.211. The van der Waals surface area contributed by atoms with E-state index in [1.165, 1.54) is 5.56 Å². The van der Waals surface area contributed by atoms with Crippen molar-refractivity contribution < 1.29 is 14.3 Å². The summed E-state index contributed by atoms with van der Waals surface area (Å²) < 4.78 is 10.5. The smallest absolute Gasteiger partial charge is 0.434 e. The van der Waals surface area contributed by atoms with E-state index in [4.69, 9.17) is 9.47 Å². The van der Waals surface area contributed by atoms with Crippen LogP contribution in [0.1, 0.15) is 18.1 Å². The molecule has 0 aliphatic heterocycles. The van der Waals surface area contributed by atoms with Crippen LogP contribution in [0.4, 0.5) is 4.79 Å². The van der Waals surface area contributed by atoms with Crippen LogP contribution in [0.2, 0.25) is 0 Å². The van der Waals surface area contributed by atoms with Gasteiger partial charge in [0.05, 0.1) is 6.61 Å². The molecule has 0 aliphatic carbocycles. The van der Waals surface area contributed by atoms with Crippen LogP contribution in [0.25, 0.3) is 21.5 Å². The Kier molecular flexibility index (Phi) is 3.72. The average Bonchev–Trinajstić information content (AvgIpc) is 2.46. The van der Waals surface area contributed by atoms with Crippen molar-refractivity contribution in [2.45, 2.75) is 20.8 Å². The third-order valence-corrected chi connectivity index (χ3v) is 3.70. The highest BCUT2D eigenvalue weighted by Gasteiger charge is 2.15. The van der Waals surface area contributed by atoms with E-state index >= 15 is 0 Å². The van der Waals surface area contributed by atoms with Crippen LogP contribution in [0.15, 0.2) is 42.5 Å². The summed E-state index contributed by atoms with van der Waals surface area (Å²) in [5.74, 6) is 0.573. The molecule has 0 unspecified atom stereocenters. The molecule has 3 aromatic rings. The number of aryl methyl sites for hydroxylation is 2. The van der Waals surface area contributed by atoms with Gasteiger partial charge in [-0.15, -0.1) is 0 Å². The Morgan fingerprint density at radius 3 is 2.59 bits per heavy atom. The third kappa shape index (κ3) is 2.50. The highest BCUT2D eigenvalue weighted by molar-refractivity contribution is 6.07. The molecule has 3 aromatic carbocycles. The lowest BCUT2D eigenvalue weighted by molar-refractivity contribution is 0.105. The molecule has 0 N–H and O–H groups in total. The monoisotopic (exact) mass is 294 g/mol. The molecule has 3 nitrogen and oxygen atoms in total. The van der Waals surface area contributed by atoms with Gasteiger partial charge in [0.15, 0.2) is 0 Å². The van der Waals surface area contributed by atoms with Gasteiger partial charge in [0.1, 0.15) is 5.75 Å². The Bertz CT molecular complexity index is 865. The summed E-state index contributed by atoms with van der Waals surface area (Å²) in [6, 6.07) is 14.2. The lowest BCUT2D eigenvalue weighted by Crippen LogP contribution is -2.10. The summed E-state index contributed by atoms with van der Waals surface area (Å²) >= 11 is 0. The molecule has 0 saturated heterocycles. The lowest BCUT2D eigenvalue weighted by atomic mass is 9.97. The predicted octanol–water partition coefficient (Wildman–Crippen LogP) is 5.15. The second kappa shape index (κ2) is 5.68. The number of carbonyl (C=O) groups is 1. The van der Waals surface area contributed by atoms with Crippen molar-refractivity contribution in [2.24, 2.45) is 0 Å². The highest BCUT2D eigenvalue weighted by Crippen LogP contribution is 2.37. The standard InChI is InChI=1S/C19H18O3/c1-4-21-19(20)22-18-16-8-6-5-7-14(16)11-15-10-12(2)9-13(3)17(15)18/h5-11H,4H2,1-3H3. The second-order valence-electron chi connectivity index (χ2n) is 5.39. The van der Waals surface area contributed by atoms with Gasteiger partial charge in [0, 0.05) is 10.8 Å². The van der Waals surface area contributed by atoms with Crippen molar-refractivity contribution in [1.82, 2.24) is 0 Å². The number of carbonyl (C=O) groups excluding carboxylic acids is 1. The zero-order valence-corrected chi connectivity index (χ0v) is 13.0. The summed E-state index contributed by atoms with van der Waals surface area (Å²) in [4.78, 5) is 11.8. The summed E-state index contributed by atoms with van der Waals surface area (Å²) in [6.45, 7) is 6.15. The van der Waals surface area contributed by atoms with Crippen LogP contribution in [0, 0.1) is 13.8 Å². The molecular formula is C19H18O3. The molecule has 0 spiro atoms. The van der Waals surface area contributed by atoms with Gasteiger partial charge in [-0.3, -0.25) is 0 Å². The van der Waals surface area contributed by atoms with Gasteiger partial charge in [-0.05, 0) is 43.2 Å². The average molecular weight is 294 g/mol. The molecule has 0 aliphatic rings. The van der Waals surface area contributed by atoms with Gasteiger partial charge in [-0.2, -0.15) is 0 Å². The Labute approximate surface area is 129 Å². The van der Waals surface area contributed by atoms with E-state index in [1.54, 1.807) is 6.92 Å². The van der Waals surface area contributed by atoms with Crippen LogP contribution in [0.5, 0.6) is 5.75 Å². The summed E-state index contributed by atoms with van der Waals surface area (Å²) in [6.07, 6.45) is -0.667. The topological polar surface area (TPSA) is 35.5 Å². The zero-order chi connectivity index (χ0) is 15.7. The first-order valence-corrected chi connectivity index (χ1v) is 7.37. The SMILES string of the molecule is CCOC(=O)Oc1c2ccccc2cc2cc(C)cc(C)c12. The van der Waals surface area contributed by atoms with Crippen molar-refractivity contribution in [2.75, 3.05) is 6.61 Å². The third-order valence-electron chi connectivity index (χ3n) is 3.70. The molecular weight excluding hydrogens is 276 g/mol. The van der Waals surface area contributed by atoms with Crippen LogP contribution in [0.3, 0.4) is 0 Å². The van der Waals surface area contributed by atoms with Gasteiger partial charge in [0.25, 0.3) is 0 Å². The Morgan fingerprint density at radius 1 is 1.05 bits per heavy atom. The Balaban J connectivity index is 2.33. The van der Waals surface area contributed by atoms with Gasteiger partial charge in [-0.1, -0.05) is 42.0 Å². The van der Waals surface area contributed by atoms with Gasteiger partial charge in [-0.25, -0.2) is 4.79 Å². The summed E-state index contributed by atoms with van der Waals surface area (Å²) in [5.41, 5.74) is 2.27. The van der Waals surface area contributed by atoms with Crippen molar-refractivity contribution in [3.63, 3.8) is 0 Å². The quantitative estimate of drug-likeness (QED) is 0.373. The van der Waals surface area contributed by atoms with E-state index in [2.05, 4.69) is 25.1 Å². The maximum Gasteiger partial charge on any atom is 0.513 e. The largest absolute Gasteiger partial charge is 0.513 e. The molecule has 0 atom stereocenters. The first-order valence-electron chi connectivity index (χ1n) is 7.37. The lowest BCUT2D eigenvalue weighted by Gasteiger charge is -2.14. The fourth-order valence-electron chi connectivity index (χ4n) is 2.89. The first kappa shape index (κ1) is 14.4. The number of benzene rings is 3. The first-order chi connectivity index (χ1) is 10.6. The van der Waals surface area contributed by atoms with E-state index < -0.39 is 6.16 Å². The van der Waals surface area contributed by atoms with Gasteiger partial charge < -0.3 is 9.47 Å². The molecule has 0 aromatic heterocycles. The Morgan fingerprint density at radius 2 is 1.82 bits per heavy atom. The molecule has 0 heterocycles. The van der Waals surface area contributed by atoms with Gasteiger partial charge >= 0.3 is 6.16 Å². The molecule has 0 fully saturated rings. The Hall–Kier alpha value is -2.55. The van der Waals surface area contributed by atoms with E-state index in [0.717, 1.165) is 27.1 Å². The number of fused-ring (bicyclic) bond motifs is 2. The van der Waals surface area contributed by atoms with Crippen LogP contribution in [-0.2, 0) is 4.74 Å². The van der Waals surface area contributed by atoms with E-state index in [1.807, 2.05) is 31.2 Å². The van der Waals surface area contributed by atoms with E-state index in [-0.39, 0.29) is 0 Å². The highest BCUT2D eigenvalue weighted by atomic mass is 16.7. The number of ether oxygens (including phenoxy) is 2. The fourth-order valence-corrected chi connectivity index (χ4v) is 2.89. The number of hydrogen-bond donors (Lipinski definition) is 0. The minimum Gasteiger partial charge on any atom is -0.434 e. The minimum atomic E-state index is -0.667.